The summed E-state index contributed by atoms with van der Waals surface area (Å²) in [5.41, 5.74) is 5.28. The minimum atomic E-state index is -0.972. The zero-order chi connectivity index (χ0) is 13.8. The van der Waals surface area contributed by atoms with Gasteiger partial charge >= 0.3 is 5.97 Å². The van der Waals surface area contributed by atoms with E-state index >= 15 is 0 Å². The van der Waals surface area contributed by atoms with E-state index in [1.165, 1.54) is 4.90 Å². The molecule has 0 saturated heterocycles. The van der Waals surface area contributed by atoms with Crippen LogP contribution < -0.4 is 5.73 Å². The molecule has 5 heteroatoms. The van der Waals surface area contributed by atoms with Crippen LogP contribution in [0.1, 0.15) is 46.0 Å². The van der Waals surface area contributed by atoms with Crippen LogP contribution >= 0.6 is 0 Å². The molecule has 0 aromatic heterocycles. The Balaban J connectivity index is 2.88. The lowest BCUT2D eigenvalue weighted by Crippen LogP contribution is -2.52. The summed E-state index contributed by atoms with van der Waals surface area (Å²) in [7, 11) is 0. The van der Waals surface area contributed by atoms with Crippen molar-refractivity contribution in [1.29, 1.82) is 0 Å². The lowest BCUT2D eigenvalue weighted by atomic mass is 9.73. The van der Waals surface area contributed by atoms with Gasteiger partial charge in [-0.3, -0.25) is 9.59 Å². The molecule has 0 aromatic carbocycles. The third-order valence-corrected chi connectivity index (χ3v) is 3.84. The molecule has 1 fully saturated rings. The molecule has 0 aromatic rings. The number of carbonyl (C=O) groups excluding carboxylic acids is 1. The Bertz CT molecular complexity index is 309. The minimum absolute atomic E-state index is 0.0814. The lowest BCUT2D eigenvalue weighted by molar-refractivity contribution is -0.152. The highest BCUT2D eigenvalue weighted by atomic mass is 16.4. The second-order valence-electron chi connectivity index (χ2n) is 5.47. The quantitative estimate of drug-likeness (QED) is 0.774. The summed E-state index contributed by atoms with van der Waals surface area (Å²) in [6.07, 6.45) is 4.70. The minimum Gasteiger partial charge on any atom is -0.480 e. The Hall–Kier alpha value is -1.10. The summed E-state index contributed by atoms with van der Waals surface area (Å²) in [6, 6.07) is -0.112. The number of carboxylic acids is 1. The molecule has 104 valence electrons. The van der Waals surface area contributed by atoms with Gasteiger partial charge < -0.3 is 15.7 Å². The highest BCUT2D eigenvalue weighted by Crippen LogP contribution is 2.37. The standard InChI is InChI=1S/C13H24N2O3/c1-10(2)15(8-11(16)17)12(18)13(9-14)6-4-3-5-7-13/h10H,3-9,14H2,1-2H3,(H,16,17). The van der Waals surface area contributed by atoms with Gasteiger partial charge in [0.25, 0.3) is 0 Å². The van der Waals surface area contributed by atoms with E-state index in [2.05, 4.69) is 0 Å². The number of hydrogen-bond acceptors (Lipinski definition) is 3. The lowest BCUT2D eigenvalue weighted by Gasteiger charge is -2.40. The molecule has 0 atom stereocenters. The molecule has 1 rings (SSSR count). The van der Waals surface area contributed by atoms with Crippen molar-refractivity contribution in [2.24, 2.45) is 11.1 Å². The van der Waals surface area contributed by atoms with Crippen LogP contribution in [-0.4, -0.2) is 41.0 Å². The maximum Gasteiger partial charge on any atom is 0.323 e. The van der Waals surface area contributed by atoms with Crippen molar-refractivity contribution in [2.45, 2.75) is 52.0 Å². The number of rotatable bonds is 5. The van der Waals surface area contributed by atoms with Crippen molar-refractivity contribution in [3.63, 3.8) is 0 Å². The molecule has 1 amide bonds. The van der Waals surface area contributed by atoms with Crippen molar-refractivity contribution in [3.8, 4) is 0 Å². The van der Waals surface area contributed by atoms with Gasteiger partial charge in [0, 0.05) is 12.6 Å². The van der Waals surface area contributed by atoms with Crippen molar-refractivity contribution < 1.29 is 14.7 Å². The second kappa shape index (κ2) is 6.18. The molecular weight excluding hydrogens is 232 g/mol. The maximum atomic E-state index is 12.6. The molecule has 0 spiro atoms. The first-order valence-electron chi connectivity index (χ1n) is 6.66. The van der Waals surface area contributed by atoms with Gasteiger partial charge in [-0.15, -0.1) is 0 Å². The molecule has 0 heterocycles. The van der Waals surface area contributed by atoms with Crippen LogP contribution in [0.2, 0.25) is 0 Å². The third kappa shape index (κ3) is 3.22. The molecule has 1 saturated carbocycles. The number of hydrogen-bond donors (Lipinski definition) is 2. The van der Waals surface area contributed by atoms with Crippen molar-refractivity contribution in [3.05, 3.63) is 0 Å². The summed E-state index contributed by atoms with van der Waals surface area (Å²) in [5, 5.41) is 8.91. The van der Waals surface area contributed by atoms with Crippen LogP contribution in [0.25, 0.3) is 0 Å². The molecular formula is C13H24N2O3. The fourth-order valence-electron chi connectivity index (χ4n) is 2.67. The number of nitrogens with two attached hydrogens (primary N) is 1. The van der Waals surface area contributed by atoms with Crippen molar-refractivity contribution in [2.75, 3.05) is 13.1 Å². The molecule has 0 bridgehead atoms. The molecule has 1 aliphatic carbocycles. The van der Waals surface area contributed by atoms with Crippen molar-refractivity contribution >= 4 is 11.9 Å². The van der Waals surface area contributed by atoms with E-state index in [0.29, 0.717) is 6.54 Å². The predicted molar refractivity (Wildman–Crippen MR) is 69.1 cm³/mol. The fraction of sp³-hybridized carbons (Fsp3) is 0.846. The van der Waals surface area contributed by atoms with Crippen LogP contribution in [0.5, 0.6) is 0 Å². The average molecular weight is 256 g/mol. The average Bonchev–Trinajstić information content (AvgIpc) is 2.35. The maximum absolute atomic E-state index is 12.6. The van der Waals surface area contributed by atoms with Crippen molar-refractivity contribution in [1.82, 2.24) is 4.90 Å². The summed E-state index contributed by atoms with van der Waals surface area (Å²) >= 11 is 0. The Morgan fingerprint density at radius 1 is 1.28 bits per heavy atom. The van der Waals surface area contributed by atoms with Gasteiger partial charge in [-0.2, -0.15) is 0 Å². The molecule has 1 aliphatic rings. The van der Waals surface area contributed by atoms with Gasteiger partial charge in [0.15, 0.2) is 0 Å². The zero-order valence-electron chi connectivity index (χ0n) is 11.3. The third-order valence-electron chi connectivity index (χ3n) is 3.84. The number of nitrogens with zero attached hydrogens (tertiary/aromatic N) is 1. The molecule has 3 N–H and O–H groups in total. The van der Waals surface area contributed by atoms with Crippen LogP contribution in [0.3, 0.4) is 0 Å². The number of aliphatic carboxylic acids is 1. The monoisotopic (exact) mass is 256 g/mol. The van der Waals surface area contributed by atoms with Crippen LogP contribution in [0.4, 0.5) is 0 Å². The number of carboxylic acid groups (broad SMARTS) is 1. The molecule has 0 radical (unpaired) electrons. The summed E-state index contributed by atoms with van der Waals surface area (Å²) in [4.78, 5) is 24.9. The SMILES string of the molecule is CC(C)N(CC(=O)O)C(=O)C1(CN)CCCCC1. The second-order valence-corrected chi connectivity index (χ2v) is 5.47. The van der Waals surface area contributed by atoms with Gasteiger partial charge in [0.2, 0.25) is 5.91 Å². The van der Waals surface area contributed by atoms with Gasteiger partial charge in [-0.1, -0.05) is 19.3 Å². The van der Waals surface area contributed by atoms with Crippen LogP contribution in [0, 0.1) is 5.41 Å². The topological polar surface area (TPSA) is 83.6 Å². The number of amides is 1. The van der Waals surface area contributed by atoms with E-state index in [4.69, 9.17) is 10.8 Å². The first kappa shape index (κ1) is 15.0. The first-order chi connectivity index (χ1) is 8.43. The summed E-state index contributed by atoms with van der Waals surface area (Å²) in [6.45, 7) is 3.76. The van der Waals surface area contributed by atoms with E-state index in [9.17, 15) is 9.59 Å². The Kier molecular flexibility index (Phi) is 5.14. The Morgan fingerprint density at radius 3 is 2.22 bits per heavy atom. The molecule has 18 heavy (non-hydrogen) atoms. The van der Waals surface area contributed by atoms with Gasteiger partial charge in [0.05, 0.1) is 5.41 Å². The Labute approximate surface area is 108 Å². The number of carbonyl (C=O) groups is 2. The van der Waals surface area contributed by atoms with Gasteiger partial charge in [-0.05, 0) is 26.7 Å². The van der Waals surface area contributed by atoms with Gasteiger partial charge in [0.1, 0.15) is 6.54 Å². The van der Waals surface area contributed by atoms with E-state index in [1.54, 1.807) is 0 Å². The van der Waals surface area contributed by atoms with E-state index in [0.717, 1.165) is 32.1 Å². The molecule has 0 aliphatic heterocycles. The van der Waals surface area contributed by atoms with Gasteiger partial charge in [-0.25, -0.2) is 0 Å². The van der Waals surface area contributed by atoms with Crippen LogP contribution in [-0.2, 0) is 9.59 Å². The smallest absolute Gasteiger partial charge is 0.323 e. The first-order valence-corrected chi connectivity index (χ1v) is 6.66. The highest BCUT2D eigenvalue weighted by molar-refractivity contribution is 5.86. The molecule has 5 nitrogen and oxygen atoms in total. The predicted octanol–water partition coefficient (Wildman–Crippen LogP) is 1.22. The highest BCUT2D eigenvalue weighted by Gasteiger charge is 2.41. The fourth-order valence-corrected chi connectivity index (χ4v) is 2.67. The van der Waals surface area contributed by atoms with E-state index < -0.39 is 11.4 Å². The Morgan fingerprint density at radius 2 is 1.83 bits per heavy atom. The van der Waals surface area contributed by atoms with E-state index in [-0.39, 0.29) is 18.5 Å². The summed E-state index contributed by atoms with van der Waals surface area (Å²) in [5.74, 6) is -1.05. The van der Waals surface area contributed by atoms with E-state index in [1.807, 2.05) is 13.8 Å². The molecule has 0 unspecified atom stereocenters. The largest absolute Gasteiger partial charge is 0.480 e. The summed E-state index contributed by atoms with van der Waals surface area (Å²) < 4.78 is 0. The zero-order valence-corrected chi connectivity index (χ0v) is 11.3. The normalized spacial score (nSPS) is 18.7. The van der Waals surface area contributed by atoms with Crippen LogP contribution in [0.15, 0.2) is 0 Å².